The smallest absolute Gasteiger partial charge is 0.200 e. The highest BCUT2D eigenvalue weighted by atomic mass is 16.5. The van der Waals surface area contributed by atoms with E-state index in [9.17, 15) is 9.59 Å². The molecule has 0 fully saturated rings. The number of ether oxygens (including phenoxy) is 2. The third kappa shape index (κ3) is 4.73. The minimum atomic E-state index is -0.0302. The van der Waals surface area contributed by atoms with Crippen LogP contribution in [0.1, 0.15) is 25.7 Å². The van der Waals surface area contributed by atoms with E-state index in [1.165, 1.54) is 0 Å². The summed E-state index contributed by atoms with van der Waals surface area (Å²) in [6, 6.07) is 25.2. The Hall–Kier alpha value is -4.58. The average Bonchev–Trinajstić information content (AvgIpc) is 2.94. The third-order valence-electron chi connectivity index (χ3n) is 6.67. The van der Waals surface area contributed by atoms with Crippen molar-refractivity contribution in [1.82, 2.24) is 0 Å². The molecule has 0 saturated heterocycles. The van der Waals surface area contributed by atoms with E-state index in [0.29, 0.717) is 68.6 Å². The van der Waals surface area contributed by atoms with Crippen LogP contribution in [0, 0.1) is 0 Å². The van der Waals surface area contributed by atoms with E-state index in [1.54, 1.807) is 48.5 Å². The van der Waals surface area contributed by atoms with Crippen molar-refractivity contribution in [1.29, 1.82) is 0 Å². The van der Waals surface area contributed by atoms with Gasteiger partial charge in [-0.25, -0.2) is 0 Å². The summed E-state index contributed by atoms with van der Waals surface area (Å²) in [6.07, 6.45) is 3.84. The molecule has 0 aliphatic rings. The summed E-state index contributed by atoms with van der Waals surface area (Å²) in [4.78, 5) is 25.3. The molecule has 0 bridgehead atoms. The van der Waals surface area contributed by atoms with Gasteiger partial charge in [-0.05, 0) is 74.2 Å². The molecule has 0 radical (unpaired) electrons. The maximum absolute atomic E-state index is 12.7. The Morgan fingerprint density at radius 1 is 0.474 bits per heavy atom. The van der Waals surface area contributed by atoms with E-state index < -0.39 is 0 Å². The molecule has 4 aromatic carbocycles. The number of hydrogen-bond donors (Lipinski definition) is 0. The summed E-state index contributed by atoms with van der Waals surface area (Å²) >= 11 is 0. The maximum Gasteiger partial charge on any atom is 0.200 e. The van der Waals surface area contributed by atoms with Gasteiger partial charge in [0, 0.05) is 12.1 Å². The predicted octanol–water partition coefficient (Wildman–Crippen LogP) is 7.22. The van der Waals surface area contributed by atoms with E-state index in [4.69, 9.17) is 18.3 Å². The molecular weight excluding hydrogens is 480 g/mol. The molecular formula is C32H26O6. The highest BCUT2D eigenvalue weighted by molar-refractivity contribution is 5.91. The van der Waals surface area contributed by atoms with Gasteiger partial charge in [-0.15, -0.1) is 0 Å². The molecule has 6 aromatic rings. The number of benzene rings is 4. The molecule has 6 nitrogen and oxygen atoms in total. The number of hydrogen-bond acceptors (Lipinski definition) is 6. The van der Waals surface area contributed by atoms with Gasteiger partial charge in [-0.1, -0.05) is 24.3 Å². The minimum Gasteiger partial charge on any atom is -0.493 e. The Kier molecular flexibility index (Phi) is 6.53. The van der Waals surface area contributed by atoms with Gasteiger partial charge >= 0.3 is 0 Å². The first-order valence-corrected chi connectivity index (χ1v) is 12.8. The van der Waals surface area contributed by atoms with Crippen LogP contribution >= 0.6 is 0 Å². The molecule has 0 unspecified atom stereocenters. The molecule has 38 heavy (non-hydrogen) atoms. The van der Waals surface area contributed by atoms with Gasteiger partial charge in [0.15, 0.2) is 0 Å². The summed E-state index contributed by atoms with van der Waals surface area (Å²) < 4.78 is 23.6. The lowest BCUT2D eigenvalue weighted by atomic mass is 10.1. The SMILES string of the molecule is O=c1c2ccccc2oc2cc(OCCCCCCOc3ccc4c(=O)c5ccccc5oc4c3)ccc12. The highest BCUT2D eigenvalue weighted by Gasteiger charge is 2.09. The molecule has 190 valence electrons. The lowest BCUT2D eigenvalue weighted by molar-refractivity contribution is 0.287. The predicted molar refractivity (Wildman–Crippen MR) is 149 cm³/mol. The molecule has 6 heteroatoms. The molecule has 0 atom stereocenters. The monoisotopic (exact) mass is 506 g/mol. The van der Waals surface area contributed by atoms with Crippen molar-refractivity contribution >= 4 is 43.9 Å². The summed E-state index contributed by atoms with van der Waals surface area (Å²) in [5.74, 6) is 1.38. The van der Waals surface area contributed by atoms with Crippen LogP contribution in [0.3, 0.4) is 0 Å². The van der Waals surface area contributed by atoms with Crippen molar-refractivity contribution < 1.29 is 18.3 Å². The van der Waals surface area contributed by atoms with E-state index >= 15 is 0 Å². The van der Waals surface area contributed by atoms with Gasteiger partial charge in [0.2, 0.25) is 10.9 Å². The molecule has 0 aliphatic heterocycles. The van der Waals surface area contributed by atoms with Crippen LogP contribution in [0.4, 0.5) is 0 Å². The van der Waals surface area contributed by atoms with Crippen LogP contribution in [-0.2, 0) is 0 Å². The van der Waals surface area contributed by atoms with Gasteiger partial charge in [0.05, 0.1) is 34.8 Å². The van der Waals surface area contributed by atoms with Crippen molar-refractivity contribution in [2.75, 3.05) is 13.2 Å². The van der Waals surface area contributed by atoms with Crippen molar-refractivity contribution in [3.8, 4) is 11.5 Å². The molecule has 2 heterocycles. The number of rotatable bonds is 9. The van der Waals surface area contributed by atoms with E-state index in [-0.39, 0.29) is 10.9 Å². The van der Waals surface area contributed by atoms with Gasteiger partial charge in [-0.2, -0.15) is 0 Å². The van der Waals surface area contributed by atoms with Crippen LogP contribution in [0.5, 0.6) is 11.5 Å². The molecule has 0 saturated carbocycles. The highest BCUT2D eigenvalue weighted by Crippen LogP contribution is 2.24. The van der Waals surface area contributed by atoms with Crippen LogP contribution < -0.4 is 20.3 Å². The number of fused-ring (bicyclic) bond motifs is 4. The molecule has 0 spiro atoms. The zero-order chi connectivity index (χ0) is 25.9. The third-order valence-corrected chi connectivity index (χ3v) is 6.67. The lowest BCUT2D eigenvalue weighted by Crippen LogP contribution is -2.03. The minimum absolute atomic E-state index is 0.0302. The topological polar surface area (TPSA) is 78.9 Å². The molecule has 0 N–H and O–H groups in total. The molecule has 6 rings (SSSR count). The van der Waals surface area contributed by atoms with Gasteiger partial charge in [0.1, 0.15) is 33.8 Å². The second-order valence-corrected chi connectivity index (χ2v) is 9.28. The van der Waals surface area contributed by atoms with Gasteiger partial charge in [0.25, 0.3) is 0 Å². The van der Waals surface area contributed by atoms with Crippen molar-refractivity contribution in [3.05, 3.63) is 105 Å². The summed E-state index contributed by atoms with van der Waals surface area (Å²) in [5, 5.41) is 2.27. The molecule has 0 aliphatic carbocycles. The fraction of sp³-hybridized carbons (Fsp3) is 0.188. The van der Waals surface area contributed by atoms with E-state index in [2.05, 4.69) is 0 Å². The van der Waals surface area contributed by atoms with E-state index in [0.717, 1.165) is 25.7 Å². The number of unbranched alkanes of at least 4 members (excludes halogenated alkanes) is 3. The fourth-order valence-electron chi connectivity index (χ4n) is 4.68. The van der Waals surface area contributed by atoms with Gasteiger partial charge < -0.3 is 18.3 Å². The zero-order valence-corrected chi connectivity index (χ0v) is 20.8. The Morgan fingerprint density at radius 2 is 0.895 bits per heavy atom. The number of para-hydroxylation sites is 2. The summed E-state index contributed by atoms with van der Waals surface area (Å²) in [7, 11) is 0. The Labute approximate surface area is 218 Å². The first-order chi connectivity index (χ1) is 18.7. The Bertz CT molecular complexity index is 1740. The second kappa shape index (κ2) is 10.4. The molecule has 0 amide bonds. The quantitative estimate of drug-likeness (QED) is 0.152. The van der Waals surface area contributed by atoms with Gasteiger partial charge in [-0.3, -0.25) is 9.59 Å². The Balaban J connectivity index is 0.971. The van der Waals surface area contributed by atoms with Crippen molar-refractivity contribution in [2.45, 2.75) is 25.7 Å². The van der Waals surface area contributed by atoms with Crippen molar-refractivity contribution in [2.24, 2.45) is 0 Å². The van der Waals surface area contributed by atoms with E-state index in [1.807, 2.05) is 36.4 Å². The Morgan fingerprint density at radius 3 is 1.37 bits per heavy atom. The van der Waals surface area contributed by atoms with Crippen LogP contribution in [-0.4, -0.2) is 13.2 Å². The average molecular weight is 507 g/mol. The van der Waals surface area contributed by atoms with Crippen molar-refractivity contribution in [3.63, 3.8) is 0 Å². The molecule has 2 aromatic heterocycles. The largest absolute Gasteiger partial charge is 0.493 e. The normalized spacial score (nSPS) is 11.5. The van der Waals surface area contributed by atoms with Crippen LogP contribution in [0.25, 0.3) is 43.9 Å². The first kappa shape index (κ1) is 23.8. The summed E-state index contributed by atoms with van der Waals surface area (Å²) in [5.41, 5.74) is 2.15. The maximum atomic E-state index is 12.7. The zero-order valence-electron chi connectivity index (χ0n) is 20.8. The second-order valence-electron chi connectivity index (χ2n) is 9.28. The first-order valence-electron chi connectivity index (χ1n) is 12.8. The van der Waals surface area contributed by atoms with Crippen LogP contribution in [0.2, 0.25) is 0 Å². The lowest BCUT2D eigenvalue weighted by Gasteiger charge is -2.09. The standard InChI is InChI=1S/C32H26O6/c33-31-23-9-3-5-11-27(23)37-29-19-21(13-15-25(29)31)35-17-7-1-2-8-18-36-22-14-16-26-30(20-22)38-28-12-6-4-10-24(28)32(26)34/h3-6,9-16,19-20H,1-2,7-8,17-18H2. The summed E-state index contributed by atoms with van der Waals surface area (Å²) in [6.45, 7) is 1.17. The van der Waals surface area contributed by atoms with Crippen LogP contribution in [0.15, 0.2) is 103 Å². The fourth-order valence-corrected chi connectivity index (χ4v) is 4.68.